The fraction of sp³-hybridized carbons (Fsp3) is 0.533. The number of carbonyl (C=O) groups excluding carboxylic acids is 1. The summed E-state index contributed by atoms with van der Waals surface area (Å²) in [6, 6.07) is 7.46. The van der Waals surface area contributed by atoms with E-state index in [2.05, 4.69) is 10.2 Å². The van der Waals surface area contributed by atoms with Crippen LogP contribution in [0.2, 0.25) is 5.02 Å². The molecule has 5 heteroatoms. The van der Waals surface area contributed by atoms with E-state index in [1.165, 1.54) is 7.11 Å². The van der Waals surface area contributed by atoms with Crippen molar-refractivity contribution < 1.29 is 9.53 Å². The highest BCUT2D eigenvalue weighted by Gasteiger charge is 2.42. The number of nitrogens with zero attached hydrogens (tertiary/aromatic N) is 1. The monoisotopic (exact) mass is 296 g/mol. The number of rotatable bonds is 3. The van der Waals surface area contributed by atoms with Crippen molar-refractivity contribution in [1.82, 2.24) is 10.2 Å². The Morgan fingerprint density at radius 1 is 1.40 bits per heavy atom. The number of hydrogen-bond acceptors (Lipinski definition) is 4. The summed E-state index contributed by atoms with van der Waals surface area (Å²) in [4.78, 5) is 14.6. The average Bonchev–Trinajstić information content (AvgIpc) is 2.75. The SMILES string of the molecule is COC(=O)C(C)(c1cccc(Cl)c1)N1CCCNCC1. The van der Waals surface area contributed by atoms with Crippen LogP contribution >= 0.6 is 11.6 Å². The van der Waals surface area contributed by atoms with E-state index in [0.29, 0.717) is 5.02 Å². The molecule has 4 nitrogen and oxygen atoms in total. The van der Waals surface area contributed by atoms with Crippen molar-refractivity contribution in [2.24, 2.45) is 0 Å². The molecule has 0 aliphatic carbocycles. The van der Waals surface area contributed by atoms with Gasteiger partial charge in [0, 0.05) is 24.7 Å². The van der Waals surface area contributed by atoms with E-state index in [1.54, 1.807) is 0 Å². The highest BCUT2D eigenvalue weighted by molar-refractivity contribution is 6.30. The summed E-state index contributed by atoms with van der Waals surface area (Å²) >= 11 is 6.09. The van der Waals surface area contributed by atoms with Gasteiger partial charge < -0.3 is 10.1 Å². The summed E-state index contributed by atoms with van der Waals surface area (Å²) < 4.78 is 5.06. The second-order valence-corrected chi connectivity index (χ2v) is 5.60. The Morgan fingerprint density at radius 2 is 2.20 bits per heavy atom. The molecule has 1 fully saturated rings. The Balaban J connectivity index is 2.41. The lowest BCUT2D eigenvalue weighted by molar-refractivity contribution is -0.155. The summed E-state index contributed by atoms with van der Waals surface area (Å²) in [5.41, 5.74) is 0.0739. The maximum Gasteiger partial charge on any atom is 0.330 e. The van der Waals surface area contributed by atoms with Crippen LogP contribution in [-0.2, 0) is 15.1 Å². The Labute approximate surface area is 125 Å². The standard InChI is InChI=1S/C15H21ClN2O2/c1-15(14(19)20-2,12-5-3-6-13(16)11-12)18-9-4-7-17-8-10-18/h3,5-6,11,17H,4,7-10H2,1-2H3. The molecule has 1 heterocycles. The van der Waals surface area contributed by atoms with E-state index in [4.69, 9.17) is 16.3 Å². The highest BCUT2D eigenvalue weighted by Crippen LogP contribution is 2.31. The molecule has 110 valence electrons. The van der Waals surface area contributed by atoms with E-state index < -0.39 is 5.54 Å². The number of carbonyl (C=O) groups is 1. The first kappa shape index (κ1) is 15.3. The lowest BCUT2D eigenvalue weighted by Gasteiger charge is -2.38. The minimum absolute atomic E-state index is 0.248. The number of benzene rings is 1. The summed E-state index contributed by atoms with van der Waals surface area (Å²) in [7, 11) is 1.43. The molecule has 1 N–H and O–H groups in total. The van der Waals surface area contributed by atoms with Crippen LogP contribution in [0.5, 0.6) is 0 Å². The van der Waals surface area contributed by atoms with Crippen molar-refractivity contribution in [1.29, 1.82) is 0 Å². The van der Waals surface area contributed by atoms with Gasteiger partial charge in [-0.05, 0) is 37.6 Å². The zero-order valence-corrected chi connectivity index (χ0v) is 12.7. The van der Waals surface area contributed by atoms with Crippen molar-refractivity contribution in [3.63, 3.8) is 0 Å². The number of halogens is 1. The molecule has 1 aliphatic heterocycles. The molecule has 20 heavy (non-hydrogen) atoms. The molecular weight excluding hydrogens is 276 g/mol. The van der Waals surface area contributed by atoms with Crippen LogP contribution in [0, 0.1) is 0 Å². The van der Waals surface area contributed by atoms with Gasteiger partial charge in [0.2, 0.25) is 0 Å². The van der Waals surface area contributed by atoms with Gasteiger partial charge in [-0.1, -0.05) is 23.7 Å². The van der Waals surface area contributed by atoms with Crippen molar-refractivity contribution in [3.8, 4) is 0 Å². The number of hydrogen-bond donors (Lipinski definition) is 1. The van der Waals surface area contributed by atoms with E-state index in [0.717, 1.165) is 38.2 Å². The Morgan fingerprint density at radius 3 is 2.90 bits per heavy atom. The fourth-order valence-corrected chi connectivity index (χ4v) is 2.90. The molecule has 1 saturated heterocycles. The predicted octanol–water partition coefficient (Wildman–Crippen LogP) is 2.02. The van der Waals surface area contributed by atoms with Crippen molar-refractivity contribution in [2.45, 2.75) is 18.9 Å². The number of esters is 1. The minimum Gasteiger partial charge on any atom is -0.467 e. The van der Waals surface area contributed by atoms with Gasteiger partial charge in [-0.3, -0.25) is 4.90 Å². The first-order valence-corrected chi connectivity index (χ1v) is 7.27. The Hall–Kier alpha value is -1.10. The fourth-order valence-electron chi connectivity index (χ4n) is 2.71. The Kier molecular flexibility index (Phi) is 5.02. The number of nitrogens with one attached hydrogen (secondary N) is 1. The molecule has 1 aromatic rings. The van der Waals surface area contributed by atoms with Gasteiger partial charge in [0.1, 0.15) is 5.54 Å². The van der Waals surface area contributed by atoms with Crippen LogP contribution in [0.15, 0.2) is 24.3 Å². The minimum atomic E-state index is -0.800. The molecule has 0 radical (unpaired) electrons. The van der Waals surface area contributed by atoms with Crippen LogP contribution in [0.4, 0.5) is 0 Å². The van der Waals surface area contributed by atoms with Crippen LogP contribution in [0.3, 0.4) is 0 Å². The van der Waals surface area contributed by atoms with Crippen LogP contribution in [-0.4, -0.2) is 44.2 Å². The molecule has 0 spiro atoms. The second-order valence-electron chi connectivity index (χ2n) is 5.16. The van der Waals surface area contributed by atoms with Crippen LogP contribution in [0.25, 0.3) is 0 Å². The van der Waals surface area contributed by atoms with Gasteiger partial charge in [0.15, 0.2) is 0 Å². The van der Waals surface area contributed by atoms with Gasteiger partial charge in [-0.25, -0.2) is 4.79 Å². The van der Waals surface area contributed by atoms with E-state index in [-0.39, 0.29) is 5.97 Å². The van der Waals surface area contributed by atoms with Crippen molar-refractivity contribution in [2.75, 3.05) is 33.3 Å². The van der Waals surface area contributed by atoms with Gasteiger partial charge in [-0.15, -0.1) is 0 Å². The van der Waals surface area contributed by atoms with Gasteiger partial charge >= 0.3 is 5.97 Å². The van der Waals surface area contributed by atoms with Gasteiger partial charge in [-0.2, -0.15) is 0 Å². The number of ether oxygens (including phenoxy) is 1. The molecule has 1 atom stereocenters. The quantitative estimate of drug-likeness (QED) is 0.867. The molecule has 1 unspecified atom stereocenters. The smallest absolute Gasteiger partial charge is 0.330 e. The molecule has 2 rings (SSSR count). The summed E-state index contributed by atoms with van der Waals surface area (Å²) in [5.74, 6) is -0.248. The van der Waals surface area contributed by atoms with Crippen LogP contribution < -0.4 is 5.32 Å². The molecular formula is C15H21ClN2O2. The molecule has 0 aromatic heterocycles. The number of methoxy groups -OCH3 is 1. The molecule has 0 amide bonds. The lowest BCUT2D eigenvalue weighted by Crippen LogP contribution is -2.51. The zero-order chi connectivity index (χ0) is 14.6. The normalized spacial score (nSPS) is 19.9. The third-order valence-electron chi connectivity index (χ3n) is 3.94. The maximum absolute atomic E-state index is 12.4. The highest BCUT2D eigenvalue weighted by atomic mass is 35.5. The van der Waals surface area contributed by atoms with Crippen molar-refractivity contribution >= 4 is 17.6 Å². The second kappa shape index (κ2) is 6.57. The van der Waals surface area contributed by atoms with E-state index in [1.807, 2.05) is 31.2 Å². The first-order valence-electron chi connectivity index (χ1n) is 6.89. The molecule has 0 saturated carbocycles. The summed E-state index contributed by atoms with van der Waals surface area (Å²) in [5, 5.41) is 3.98. The van der Waals surface area contributed by atoms with Crippen molar-refractivity contribution in [3.05, 3.63) is 34.9 Å². The zero-order valence-electron chi connectivity index (χ0n) is 12.0. The largest absolute Gasteiger partial charge is 0.467 e. The summed E-state index contributed by atoms with van der Waals surface area (Å²) in [6.07, 6.45) is 1.01. The van der Waals surface area contributed by atoms with Gasteiger partial charge in [0.25, 0.3) is 0 Å². The maximum atomic E-state index is 12.4. The topological polar surface area (TPSA) is 41.6 Å². The van der Waals surface area contributed by atoms with Gasteiger partial charge in [0.05, 0.1) is 7.11 Å². The average molecular weight is 297 g/mol. The molecule has 1 aromatic carbocycles. The first-order chi connectivity index (χ1) is 9.59. The predicted molar refractivity (Wildman–Crippen MR) is 79.9 cm³/mol. The lowest BCUT2D eigenvalue weighted by atomic mass is 9.89. The van der Waals surface area contributed by atoms with Crippen LogP contribution in [0.1, 0.15) is 18.9 Å². The summed E-state index contributed by atoms with van der Waals surface area (Å²) in [6.45, 7) is 5.41. The third-order valence-corrected chi connectivity index (χ3v) is 4.18. The molecule has 1 aliphatic rings. The Bertz CT molecular complexity index is 473. The third kappa shape index (κ3) is 2.97. The van der Waals surface area contributed by atoms with E-state index in [9.17, 15) is 4.79 Å². The molecule has 0 bridgehead atoms. The van der Waals surface area contributed by atoms with E-state index >= 15 is 0 Å².